The number of ether oxygens (including phenoxy) is 1. The Hall–Kier alpha value is -4.04. The lowest BCUT2D eigenvalue weighted by molar-refractivity contribution is -0.139. The molecule has 3 aromatic rings. The molecule has 0 bridgehead atoms. The minimum Gasteiger partial charge on any atom is -0.480 e. The second-order valence-corrected chi connectivity index (χ2v) is 7.74. The lowest BCUT2D eigenvalue weighted by Crippen LogP contribution is -2.41. The average molecular weight is 425 g/mol. The molecule has 32 heavy (non-hydrogen) atoms. The van der Waals surface area contributed by atoms with Crippen molar-refractivity contribution in [3.05, 3.63) is 95.1 Å². The molecule has 0 unspecified atom stereocenters. The predicted octanol–water partition coefficient (Wildman–Crippen LogP) is 4.59. The van der Waals surface area contributed by atoms with Gasteiger partial charge in [0.25, 0.3) is 0 Å². The maximum absolute atomic E-state index is 12.4. The van der Waals surface area contributed by atoms with Crippen LogP contribution in [0.3, 0.4) is 0 Å². The smallest absolute Gasteiger partial charge is 0.407 e. The van der Waals surface area contributed by atoms with Gasteiger partial charge in [0.15, 0.2) is 0 Å². The second kappa shape index (κ2) is 9.40. The maximum Gasteiger partial charge on any atom is 0.407 e. The van der Waals surface area contributed by atoms with Gasteiger partial charge >= 0.3 is 12.1 Å². The van der Waals surface area contributed by atoms with Gasteiger partial charge in [0.05, 0.1) is 0 Å². The first-order valence-corrected chi connectivity index (χ1v) is 10.5. The van der Waals surface area contributed by atoms with Gasteiger partial charge in [-0.3, -0.25) is 0 Å². The number of carboxylic acids is 1. The molecule has 1 aliphatic rings. The predicted molar refractivity (Wildman–Crippen MR) is 122 cm³/mol. The van der Waals surface area contributed by atoms with Crippen LogP contribution in [-0.4, -0.2) is 29.8 Å². The molecule has 1 aliphatic carbocycles. The molecular formula is C27H23NO4. The molecule has 4 rings (SSSR count). The number of rotatable bonds is 7. The summed E-state index contributed by atoms with van der Waals surface area (Å²) in [5.74, 6) is 1.37. The molecule has 2 N–H and O–H groups in total. The van der Waals surface area contributed by atoms with Crippen molar-refractivity contribution < 1.29 is 19.4 Å². The summed E-state index contributed by atoms with van der Waals surface area (Å²) in [6.07, 6.45) is 5.36. The van der Waals surface area contributed by atoms with Crippen molar-refractivity contribution in [3.63, 3.8) is 0 Å². The van der Waals surface area contributed by atoms with E-state index >= 15 is 0 Å². The summed E-state index contributed by atoms with van der Waals surface area (Å²) < 4.78 is 5.47. The van der Waals surface area contributed by atoms with Crippen LogP contribution in [0, 0.1) is 12.3 Å². The number of carboxylic acid groups (broad SMARTS) is 1. The Bertz CT molecular complexity index is 1130. The Morgan fingerprint density at radius 2 is 1.56 bits per heavy atom. The lowest BCUT2D eigenvalue weighted by atomic mass is 9.98. The zero-order valence-electron chi connectivity index (χ0n) is 17.5. The number of nitrogens with one attached hydrogen (secondary N) is 1. The number of carbonyl (C=O) groups is 2. The van der Waals surface area contributed by atoms with Gasteiger partial charge < -0.3 is 15.2 Å². The van der Waals surface area contributed by atoms with E-state index in [0.29, 0.717) is 6.42 Å². The van der Waals surface area contributed by atoms with E-state index in [4.69, 9.17) is 11.2 Å². The summed E-state index contributed by atoms with van der Waals surface area (Å²) in [7, 11) is 0. The molecule has 0 heterocycles. The molecule has 1 atom stereocenters. The van der Waals surface area contributed by atoms with E-state index in [1.807, 2.05) is 60.7 Å². The van der Waals surface area contributed by atoms with Crippen LogP contribution in [0.1, 0.15) is 34.6 Å². The zero-order valence-corrected chi connectivity index (χ0v) is 17.5. The molecule has 0 aromatic heterocycles. The molecule has 0 fully saturated rings. The number of aliphatic carboxylic acids is 1. The van der Waals surface area contributed by atoms with Crippen LogP contribution in [0.5, 0.6) is 0 Å². The molecule has 5 nitrogen and oxygen atoms in total. The maximum atomic E-state index is 12.4. The molecule has 0 saturated heterocycles. The average Bonchev–Trinajstić information content (AvgIpc) is 3.14. The number of hydrogen-bond acceptors (Lipinski definition) is 3. The van der Waals surface area contributed by atoms with Crippen LogP contribution in [0.2, 0.25) is 0 Å². The van der Waals surface area contributed by atoms with Crippen molar-refractivity contribution >= 4 is 12.1 Å². The molecule has 0 saturated carbocycles. The van der Waals surface area contributed by atoms with Crippen molar-refractivity contribution in [2.75, 3.05) is 6.61 Å². The highest BCUT2D eigenvalue weighted by atomic mass is 16.5. The third kappa shape index (κ3) is 4.50. The molecule has 3 aromatic carbocycles. The van der Waals surface area contributed by atoms with Crippen LogP contribution >= 0.6 is 0 Å². The highest BCUT2D eigenvalue weighted by Gasteiger charge is 2.29. The monoisotopic (exact) mass is 425 g/mol. The summed E-state index contributed by atoms with van der Waals surface area (Å²) in [4.78, 5) is 24.1. The van der Waals surface area contributed by atoms with Gasteiger partial charge in [0.1, 0.15) is 12.6 Å². The molecule has 160 valence electrons. The van der Waals surface area contributed by atoms with Crippen molar-refractivity contribution in [1.82, 2.24) is 5.32 Å². The third-order valence-corrected chi connectivity index (χ3v) is 5.78. The molecule has 0 radical (unpaired) electrons. The normalized spacial score (nSPS) is 12.8. The van der Waals surface area contributed by atoms with E-state index in [0.717, 1.165) is 33.4 Å². The highest BCUT2D eigenvalue weighted by Crippen LogP contribution is 2.44. The number of terminal acetylenes is 1. The topological polar surface area (TPSA) is 75.6 Å². The second-order valence-electron chi connectivity index (χ2n) is 7.74. The molecule has 1 amide bonds. The van der Waals surface area contributed by atoms with Crippen molar-refractivity contribution in [1.29, 1.82) is 0 Å². The van der Waals surface area contributed by atoms with Crippen LogP contribution in [0.15, 0.2) is 72.8 Å². The van der Waals surface area contributed by atoms with E-state index in [9.17, 15) is 14.7 Å². The zero-order chi connectivity index (χ0) is 22.5. The van der Waals surface area contributed by atoms with Gasteiger partial charge in [-0.25, -0.2) is 9.59 Å². The number of hydrogen-bond donors (Lipinski definition) is 2. The van der Waals surface area contributed by atoms with E-state index in [-0.39, 0.29) is 18.9 Å². The Morgan fingerprint density at radius 1 is 0.969 bits per heavy atom. The fraction of sp³-hybridized carbons (Fsp3) is 0.185. The molecule has 5 heteroatoms. The fourth-order valence-electron chi connectivity index (χ4n) is 4.12. The van der Waals surface area contributed by atoms with E-state index in [2.05, 4.69) is 23.4 Å². The Kier molecular flexibility index (Phi) is 6.23. The summed E-state index contributed by atoms with van der Waals surface area (Å²) in [6, 6.07) is 22.4. The number of aryl methyl sites for hydroxylation is 1. The van der Waals surface area contributed by atoms with Crippen LogP contribution < -0.4 is 5.32 Å². The number of benzene rings is 3. The van der Waals surface area contributed by atoms with Gasteiger partial charge in [-0.2, -0.15) is 0 Å². The first-order chi connectivity index (χ1) is 15.6. The minimum atomic E-state index is -1.10. The van der Waals surface area contributed by atoms with Gasteiger partial charge in [-0.05, 0) is 52.8 Å². The fourth-order valence-corrected chi connectivity index (χ4v) is 4.12. The van der Waals surface area contributed by atoms with Gasteiger partial charge in [-0.1, -0.05) is 66.6 Å². The van der Waals surface area contributed by atoms with Gasteiger partial charge in [0.2, 0.25) is 0 Å². The summed E-state index contributed by atoms with van der Waals surface area (Å²) in [5, 5.41) is 12.0. The summed E-state index contributed by atoms with van der Waals surface area (Å²) in [5.41, 5.74) is 6.19. The summed E-state index contributed by atoms with van der Waals surface area (Å²) >= 11 is 0. The quantitative estimate of drug-likeness (QED) is 0.543. The highest BCUT2D eigenvalue weighted by molar-refractivity contribution is 5.81. The van der Waals surface area contributed by atoms with Gasteiger partial charge in [0, 0.05) is 11.5 Å². The van der Waals surface area contributed by atoms with Crippen molar-refractivity contribution in [2.45, 2.75) is 24.8 Å². The van der Waals surface area contributed by atoms with E-state index in [1.54, 1.807) is 0 Å². The standard InChI is InChI=1S/C27H23NO4/c1-2-18-11-13-19(14-12-18)15-16-25(26(29)30)28-27(31)32-17-24-22-9-5-3-7-20(22)21-8-4-6-10-23(21)24/h1,3-14,24-25H,15-17H2,(H,28,31)(H,29,30)/t25-/m0/s1. The largest absolute Gasteiger partial charge is 0.480 e. The molecule has 0 aliphatic heterocycles. The van der Waals surface area contributed by atoms with Gasteiger partial charge in [-0.15, -0.1) is 6.42 Å². The molecular weight excluding hydrogens is 402 g/mol. The Morgan fingerprint density at radius 3 is 2.12 bits per heavy atom. The van der Waals surface area contributed by atoms with Crippen LogP contribution in [0.4, 0.5) is 4.79 Å². The van der Waals surface area contributed by atoms with E-state index in [1.165, 1.54) is 0 Å². The molecule has 0 spiro atoms. The van der Waals surface area contributed by atoms with Crippen molar-refractivity contribution in [2.24, 2.45) is 0 Å². The summed E-state index contributed by atoms with van der Waals surface area (Å²) in [6.45, 7) is 0.139. The SMILES string of the molecule is C#Cc1ccc(CC[C@H](NC(=O)OCC2c3ccccc3-c3ccccc32)C(=O)O)cc1. The Balaban J connectivity index is 1.37. The van der Waals surface area contributed by atoms with E-state index < -0.39 is 18.1 Å². The number of amides is 1. The van der Waals surface area contributed by atoms with Crippen molar-refractivity contribution in [3.8, 4) is 23.5 Å². The minimum absolute atomic E-state index is 0.0777. The number of alkyl carbamates (subject to hydrolysis) is 1. The van der Waals surface area contributed by atoms with Crippen LogP contribution in [0.25, 0.3) is 11.1 Å². The number of fused-ring (bicyclic) bond motifs is 3. The first kappa shape index (κ1) is 21.2. The number of carbonyl (C=O) groups excluding carboxylic acids is 1. The van der Waals surface area contributed by atoms with Crippen LogP contribution in [-0.2, 0) is 16.0 Å². The third-order valence-electron chi connectivity index (χ3n) is 5.78. The lowest BCUT2D eigenvalue weighted by Gasteiger charge is -2.17. The first-order valence-electron chi connectivity index (χ1n) is 10.5. The Labute approximate surface area is 187 Å².